The second kappa shape index (κ2) is 5.20. The van der Waals surface area contributed by atoms with Crippen molar-refractivity contribution >= 4 is 8.07 Å². The Labute approximate surface area is 113 Å². The van der Waals surface area contributed by atoms with Crippen molar-refractivity contribution in [1.82, 2.24) is 0 Å². The van der Waals surface area contributed by atoms with Gasteiger partial charge in [-0.05, 0) is 30.0 Å². The van der Waals surface area contributed by atoms with E-state index in [1.165, 1.54) is 0 Å². The van der Waals surface area contributed by atoms with Gasteiger partial charge in [0, 0.05) is 0 Å². The van der Waals surface area contributed by atoms with Crippen molar-refractivity contribution in [2.45, 2.75) is 52.8 Å². The van der Waals surface area contributed by atoms with Crippen molar-refractivity contribution in [2.24, 2.45) is 0 Å². The topological polar surface area (TPSA) is 9.23 Å². The lowest BCUT2D eigenvalue weighted by Crippen LogP contribution is -2.35. The average molecular weight is 260 g/mol. The molecule has 0 spiro atoms. The monoisotopic (exact) mass is 260 g/mol. The van der Waals surface area contributed by atoms with Crippen LogP contribution in [0.1, 0.15) is 31.9 Å². The molecule has 0 heterocycles. The largest absolute Gasteiger partial charge is 0.408 e. The molecular weight excluding hydrogens is 236 g/mol. The van der Waals surface area contributed by atoms with Crippen LogP contribution < -0.4 is 4.74 Å². The van der Waals surface area contributed by atoms with Crippen LogP contribution in [0.5, 0.6) is 5.75 Å². The summed E-state index contributed by atoms with van der Waals surface area (Å²) in [7, 11) is -1.58. The van der Waals surface area contributed by atoms with Crippen LogP contribution in [0, 0.1) is 25.5 Å². The fraction of sp³-hybridized carbons (Fsp3) is 0.500. The number of hydrogen-bond donors (Lipinski definition) is 0. The third-order valence-corrected chi connectivity index (χ3v) is 8.28. The van der Waals surface area contributed by atoms with Crippen LogP contribution in [0.2, 0.25) is 18.1 Å². The molecule has 0 fully saturated rings. The minimum absolute atomic E-state index is 0.268. The molecular formula is C16H24OSi. The molecule has 0 saturated heterocycles. The predicted octanol–water partition coefficient (Wildman–Crippen LogP) is 4.69. The lowest BCUT2D eigenvalue weighted by Gasteiger charge is -2.31. The molecule has 0 unspecified atom stereocenters. The zero-order valence-electron chi connectivity index (χ0n) is 12.6. The van der Waals surface area contributed by atoms with E-state index in [0.29, 0.717) is 0 Å². The van der Waals surface area contributed by atoms with E-state index in [9.17, 15) is 0 Å². The Morgan fingerprint density at radius 2 is 1.56 bits per heavy atom. The van der Waals surface area contributed by atoms with Crippen molar-refractivity contribution in [1.29, 1.82) is 0 Å². The van der Waals surface area contributed by atoms with Gasteiger partial charge in [-0.3, -0.25) is 0 Å². The molecule has 1 nitrogen and oxygen atoms in total. The predicted molar refractivity (Wildman–Crippen MR) is 81.5 cm³/mol. The Kier molecular flexibility index (Phi) is 4.29. The second-order valence-corrected chi connectivity index (χ2v) is 11.4. The van der Waals surface area contributed by atoms with Gasteiger partial charge in [-0.25, -0.2) is 0 Å². The van der Waals surface area contributed by atoms with E-state index in [1.807, 2.05) is 6.07 Å². The molecule has 0 aliphatic carbocycles. The van der Waals surface area contributed by atoms with Gasteiger partial charge >= 0.3 is 0 Å². The maximum atomic E-state index is 5.67. The Balaban J connectivity index is 2.91. The summed E-state index contributed by atoms with van der Waals surface area (Å²) in [6.07, 6.45) is 2.94. The standard InChI is InChI=1S/C16H24OSi/c1-13-9-8-10-14(2)15(13)17-11-12-18(6,7)16(3,4)5/h8-10H,1-7H3. The maximum Gasteiger partial charge on any atom is 0.146 e. The van der Waals surface area contributed by atoms with E-state index in [4.69, 9.17) is 4.74 Å². The summed E-state index contributed by atoms with van der Waals surface area (Å²) in [5, 5.41) is 0.268. The fourth-order valence-corrected chi connectivity index (χ4v) is 2.03. The van der Waals surface area contributed by atoms with Gasteiger partial charge in [0.1, 0.15) is 19.9 Å². The molecule has 0 aliphatic rings. The fourth-order valence-electron chi connectivity index (χ4n) is 1.35. The van der Waals surface area contributed by atoms with Crippen molar-refractivity contribution in [3.8, 4) is 17.4 Å². The first-order valence-corrected chi connectivity index (χ1v) is 9.40. The molecule has 0 aliphatic heterocycles. The third kappa shape index (κ3) is 3.40. The van der Waals surface area contributed by atoms with Crippen LogP contribution in [0.3, 0.4) is 0 Å². The first-order chi connectivity index (χ1) is 8.15. The van der Waals surface area contributed by atoms with Crippen molar-refractivity contribution in [3.63, 3.8) is 0 Å². The van der Waals surface area contributed by atoms with Gasteiger partial charge < -0.3 is 4.74 Å². The van der Waals surface area contributed by atoms with E-state index in [2.05, 4.69) is 71.5 Å². The smallest absolute Gasteiger partial charge is 0.146 e. The summed E-state index contributed by atoms with van der Waals surface area (Å²) < 4.78 is 5.67. The number of para-hydroxylation sites is 1. The van der Waals surface area contributed by atoms with Crippen LogP contribution in [0.4, 0.5) is 0 Å². The second-order valence-electron chi connectivity index (χ2n) is 6.43. The molecule has 1 aromatic carbocycles. The van der Waals surface area contributed by atoms with Crippen molar-refractivity contribution < 1.29 is 4.74 Å². The Bertz CT molecular complexity index is 464. The SMILES string of the molecule is Cc1cccc(C)c1OC#C[Si](C)(C)C(C)(C)C. The molecule has 98 valence electrons. The highest BCUT2D eigenvalue weighted by molar-refractivity contribution is 6.87. The molecule has 0 atom stereocenters. The molecule has 18 heavy (non-hydrogen) atoms. The zero-order valence-corrected chi connectivity index (χ0v) is 13.6. The number of benzene rings is 1. The van der Waals surface area contributed by atoms with E-state index in [1.54, 1.807) is 0 Å². The van der Waals surface area contributed by atoms with Gasteiger partial charge in [0.25, 0.3) is 0 Å². The van der Waals surface area contributed by atoms with E-state index in [-0.39, 0.29) is 5.04 Å². The zero-order chi connectivity index (χ0) is 14.0. The van der Waals surface area contributed by atoms with E-state index < -0.39 is 8.07 Å². The van der Waals surface area contributed by atoms with Crippen molar-refractivity contribution in [2.75, 3.05) is 0 Å². The summed E-state index contributed by atoms with van der Waals surface area (Å²) in [5.74, 6) is 0.906. The Morgan fingerprint density at radius 1 is 1.06 bits per heavy atom. The Hall–Kier alpha value is -1.20. The molecule has 0 aromatic heterocycles. The summed E-state index contributed by atoms with van der Waals surface area (Å²) in [6, 6.07) is 6.14. The molecule has 1 rings (SSSR count). The van der Waals surface area contributed by atoms with Gasteiger partial charge in [-0.2, -0.15) is 0 Å². The first-order valence-electron chi connectivity index (χ1n) is 6.40. The highest BCUT2D eigenvalue weighted by Crippen LogP contribution is 2.35. The van der Waals surface area contributed by atoms with Crippen LogP contribution in [0.25, 0.3) is 0 Å². The number of rotatable bonds is 1. The molecule has 0 N–H and O–H groups in total. The minimum atomic E-state index is -1.58. The van der Waals surface area contributed by atoms with Gasteiger partial charge in [0.05, 0.1) is 0 Å². The number of ether oxygens (including phenoxy) is 1. The lowest BCUT2D eigenvalue weighted by atomic mass is 10.1. The summed E-state index contributed by atoms with van der Waals surface area (Å²) in [6.45, 7) is 15.4. The molecule has 0 amide bonds. The van der Waals surface area contributed by atoms with Gasteiger partial charge in [-0.15, -0.1) is 0 Å². The summed E-state index contributed by atoms with van der Waals surface area (Å²) in [5.41, 5.74) is 5.65. The molecule has 2 heteroatoms. The van der Waals surface area contributed by atoms with E-state index >= 15 is 0 Å². The quantitative estimate of drug-likeness (QED) is 0.526. The summed E-state index contributed by atoms with van der Waals surface area (Å²) >= 11 is 0. The highest BCUT2D eigenvalue weighted by atomic mass is 28.3. The van der Waals surface area contributed by atoms with Gasteiger partial charge in [0.15, 0.2) is 0 Å². The highest BCUT2D eigenvalue weighted by Gasteiger charge is 2.34. The Morgan fingerprint density at radius 3 is 2.00 bits per heavy atom. The van der Waals surface area contributed by atoms with Crippen LogP contribution in [0.15, 0.2) is 18.2 Å². The van der Waals surface area contributed by atoms with Crippen LogP contribution in [-0.4, -0.2) is 8.07 Å². The number of aryl methyl sites for hydroxylation is 2. The molecule has 0 bridgehead atoms. The average Bonchev–Trinajstić information content (AvgIpc) is 2.20. The number of hydrogen-bond acceptors (Lipinski definition) is 1. The minimum Gasteiger partial charge on any atom is -0.408 e. The third-order valence-electron chi connectivity index (χ3n) is 3.80. The molecule has 0 radical (unpaired) electrons. The van der Waals surface area contributed by atoms with Crippen molar-refractivity contribution in [3.05, 3.63) is 29.3 Å². The van der Waals surface area contributed by atoms with Crippen LogP contribution in [-0.2, 0) is 0 Å². The molecule has 0 saturated carbocycles. The maximum absolute atomic E-state index is 5.67. The molecule has 1 aromatic rings. The van der Waals surface area contributed by atoms with E-state index in [0.717, 1.165) is 16.9 Å². The van der Waals surface area contributed by atoms with Gasteiger partial charge in [-0.1, -0.05) is 57.6 Å². The van der Waals surface area contributed by atoms with Crippen LogP contribution >= 0.6 is 0 Å². The summed E-state index contributed by atoms with van der Waals surface area (Å²) in [4.78, 5) is 0. The van der Waals surface area contributed by atoms with Gasteiger partial charge in [0.2, 0.25) is 0 Å². The lowest BCUT2D eigenvalue weighted by molar-refractivity contribution is 0.511. The first kappa shape index (κ1) is 14.9. The normalized spacial score (nSPS) is 11.7.